The third kappa shape index (κ3) is 0.938. The van der Waals surface area contributed by atoms with E-state index in [1.807, 2.05) is 0 Å². The molecular formula is C13H22O2. The van der Waals surface area contributed by atoms with E-state index in [9.17, 15) is 0 Å². The van der Waals surface area contributed by atoms with E-state index in [1.165, 1.54) is 12.8 Å². The van der Waals surface area contributed by atoms with Crippen LogP contribution in [-0.2, 0) is 9.47 Å². The molecule has 2 nitrogen and oxygen atoms in total. The summed E-state index contributed by atoms with van der Waals surface area (Å²) in [5.41, 5.74) is 0.590. The van der Waals surface area contributed by atoms with Crippen LogP contribution in [0.2, 0.25) is 0 Å². The highest BCUT2D eigenvalue weighted by Crippen LogP contribution is 2.71. The van der Waals surface area contributed by atoms with Gasteiger partial charge in [-0.25, -0.2) is 0 Å². The van der Waals surface area contributed by atoms with Gasteiger partial charge in [0.15, 0.2) is 5.79 Å². The van der Waals surface area contributed by atoms with Gasteiger partial charge in [0.1, 0.15) is 0 Å². The van der Waals surface area contributed by atoms with Crippen LogP contribution in [0.25, 0.3) is 0 Å². The van der Waals surface area contributed by atoms with Crippen LogP contribution in [0.1, 0.15) is 47.0 Å². The first kappa shape index (κ1) is 10.1. The number of fused-ring (bicyclic) bond motifs is 3. The third-order valence-electron chi connectivity index (χ3n) is 5.73. The Bertz CT molecular complexity index is 299. The third-order valence-corrected chi connectivity index (χ3v) is 5.73. The Morgan fingerprint density at radius 3 is 2.33 bits per heavy atom. The van der Waals surface area contributed by atoms with Gasteiger partial charge in [-0.1, -0.05) is 20.8 Å². The Morgan fingerprint density at radius 2 is 1.93 bits per heavy atom. The molecule has 0 amide bonds. The maximum absolute atomic E-state index is 6.16. The van der Waals surface area contributed by atoms with E-state index in [2.05, 4.69) is 27.7 Å². The molecule has 4 atom stereocenters. The van der Waals surface area contributed by atoms with Crippen molar-refractivity contribution in [1.29, 1.82) is 0 Å². The quantitative estimate of drug-likeness (QED) is 0.612. The van der Waals surface area contributed by atoms with Gasteiger partial charge in [0.25, 0.3) is 0 Å². The second-order valence-electron chi connectivity index (χ2n) is 6.49. The van der Waals surface area contributed by atoms with Crippen molar-refractivity contribution in [1.82, 2.24) is 0 Å². The summed E-state index contributed by atoms with van der Waals surface area (Å²) in [7, 11) is 0. The Balaban J connectivity index is 2.02. The molecule has 0 aromatic rings. The van der Waals surface area contributed by atoms with Crippen molar-refractivity contribution in [2.24, 2.45) is 16.7 Å². The molecule has 1 spiro atoms. The zero-order chi connectivity index (χ0) is 10.9. The van der Waals surface area contributed by atoms with E-state index in [4.69, 9.17) is 9.47 Å². The minimum atomic E-state index is -0.251. The van der Waals surface area contributed by atoms with Crippen molar-refractivity contribution in [2.45, 2.75) is 58.8 Å². The lowest BCUT2D eigenvalue weighted by Gasteiger charge is -2.44. The second kappa shape index (κ2) is 2.60. The summed E-state index contributed by atoms with van der Waals surface area (Å²) in [6.07, 6.45) is 4.00. The van der Waals surface area contributed by atoms with Gasteiger partial charge >= 0.3 is 0 Å². The summed E-state index contributed by atoms with van der Waals surface area (Å²) in [6.45, 7) is 10.1. The molecule has 1 saturated heterocycles. The van der Waals surface area contributed by atoms with Crippen molar-refractivity contribution in [2.75, 3.05) is 6.61 Å². The molecule has 0 aromatic heterocycles. The van der Waals surface area contributed by atoms with Gasteiger partial charge in [0, 0.05) is 11.8 Å². The lowest BCUT2D eigenvalue weighted by molar-refractivity contribution is -0.243. The summed E-state index contributed by atoms with van der Waals surface area (Å²) >= 11 is 0. The molecule has 3 aliphatic rings. The molecular weight excluding hydrogens is 188 g/mol. The zero-order valence-electron chi connectivity index (χ0n) is 10.3. The maximum atomic E-state index is 6.16. The summed E-state index contributed by atoms with van der Waals surface area (Å²) < 4.78 is 12.2. The highest BCUT2D eigenvalue weighted by molar-refractivity contribution is 5.16. The molecule has 0 radical (unpaired) electrons. The van der Waals surface area contributed by atoms with E-state index in [0.717, 1.165) is 18.9 Å². The van der Waals surface area contributed by atoms with E-state index >= 15 is 0 Å². The normalized spacial score (nSPS) is 56.8. The van der Waals surface area contributed by atoms with Crippen molar-refractivity contribution < 1.29 is 9.47 Å². The van der Waals surface area contributed by atoms with E-state index in [0.29, 0.717) is 5.41 Å². The summed E-state index contributed by atoms with van der Waals surface area (Å²) in [5.74, 6) is 0.534. The molecule has 0 N–H and O–H groups in total. The molecule has 15 heavy (non-hydrogen) atoms. The fraction of sp³-hybridized carbons (Fsp3) is 1.00. The lowest BCUT2D eigenvalue weighted by atomic mass is 9.68. The first-order valence-corrected chi connectivity index (χ1v) is 6.23. The zero-order valence-corrected chi connectivity index (χ0v) is 10.3. The average molecular weight is 210 g/mol. The number of ether oxygens (including phenoxy) is 2. The Kier molecular flexibility index (Phi) is 1.75. The van der Waals surface area contributed by atoms with Crippen LogP contribution in [0.4, 0.5) is 0 Å². The Labute approximate surface area is 92.3 Å². The van der Waals surface area contributed by atoms with Crippen molar-refractivity contribution >= 4 is 0 Å². The predicted octanol–water partition coefficient (Wildman–Crippen LogP) is 2.96. The highest BCUT2D eigenvalue weighted by Gasteiger charge is 2.72. The van der Waals surface area contributed by atoms with Gasteiger partial charge in [-0.05, 0) is 31.1 Å². The van der Waals surface area contributed by atoms with Crippen LogP contribution in [0.3, 0.4) is 0 Å². The molecule has 2 aliphatic carbocycles. The molecule has 0 aromatic carbocycles. The van der Waals surface area contributed by atoms with Crippen LogP contribution in [0.5, 0.6) is 0 Å². The molecule has 2 heteroatoms. The fourth-order valence-electron chi connectivity index (χ4n) is 4.23. The Morgan fingerprint density at radius 1 is 1.20 bits per heavy atom. The van der Waals surface area contributed by atoms with Crippen LogP contribution >= 0.6 is 0 Å². The van der Waals surface area contributed by atoms with Crippen molar-refractivity contribution in [3.8, 4) is 0 Å². The molecule has 1 heterocycles. The summed E-state index contributed by atoms with van der Waals surface area (Å²) in [5, 5.41) is 0. The van der Waals surface area contributed by atoms with Gasteiger partial charge < -0.3 is 9.47 Å². The fourth-order valence-corrected chi connectivity index (χ4v) is 4.23. The molecule has 2 bridgehead atoms. The lowest BCUT2D eigenvalue weighted by Crippen LogP contribution is -2.48. The summed E-state index contributed by atoms with van der Waals surface area (Å²) in [4.78, 5) is 0. The maximum Gasteiger partial charge on any atom is 0.174 e. The monoisotopic (exact) mass is 210 g/mol. The number of hydrogen-bond donors (Lipinski definition) is 0. The first-order chi connectivity index (χ1) is 6.91. The van der Waals surface area contributed by atoms with Gasteiger partial charge in [0.05, 0.1) is 12.7 Å². The Hall–Kier alpha value is -0.0800. The largest absolute Gasteiger partial charge is 0.347 e. The molecule has 1 aliphatic heterocycles. The molecule has 86 valence electrons. The average Bonchev–Trinajstić information content (AvgIpc) is 2.66. The standard InChI is InChI=1S/C13H22O2/c1-9-8-14-13(15-9)7-10-5-6-12(13,4)11(10,2)3/h9-10H,5-8H2,1-4H3. The van der Waals surface area contributed by atoms with Crippen molar-refractivity contribution in [3.63, 3.8) is 0 Å². The van der Waals surface area contributed by atoms with Gasteiger partial charge in [-0.3, -0.25) is 0 Å². The van der Waals surface area contributed by atoms with Crippen LogP contribution in [0, 0.1) is 16.7 Å². The summed E-state index contributed by atoms with van der Waals surface area (Å²) in [6, 6.07) is 0. The van der Waals surface area contributed by atoms with Gasteiger partial charge in [-0.15, -0.1) is 0 Å². The number of hydrogen-bond acceptors (Lipinski definition) is 2. The van der Waals surface area contributed by atoms with Crippen LogP contribution < -0.4 is 0 Å². The van der Waals surface area contributed by atoms with E-state index < -0.39 is 0 Å². The molecule has 2 saturated carbocycles. The first-order valence-electron chi connectivity index (χ1n) is 6.23. The minimum Gasteiger partial charge on any atom is -0.347 e. The molecule has 4 unspecified atom stereocenters. The van der Waals surface area contributed by atoms with Gasteiger partial charge in [0.2, 0.25) is 0 Å². The van der Waals surface area contributed by atoms with Gasteiger partial charge in [-0.2, -0.15) is 0 Å². The predicted molar refractivity (Wildman–Crippen MR) is 58.5 cm³/mol. The SMILES string of the molecule is CC1COC2(CC3CCC2(C)C3(C)C)O1. The minimum absolute atomic E-state index is 0.218. The van der Waals surface area contributed by atoms with Crippen LogP contribution in [-0.4, -0.2) is 18.5 Å². The number of rotatable bonds is 0. The molecule has 3 rings (SSSR count). The van der Waals surface area contributed by atoms with E-state index in [1.54, 1.807) is 0 Å². The van der Waals surface area contributed by atoms with Crippen LogP contribution in [0.15, 0.2) is 0 Å². The van der Waals surface area contributed by atoms with E-state index in [-0.39, 0.29) is 17.3 Å². The smallest absolute Gasteiger partial charge is 0.174 e. The second-order valence-corrected chi connectivity index (χ2v) is 6.49. The van der Waals surface area contributed by atoms with Crippen molar-refractivity contribution in [3.05, 3.63) is 0 Å². The highest BCUT2D eigenvalue weighted by atomic mass is 16.7. The molecule has 3 fully saturated rings. The topological polar surface area (TPSA) is 18.5 Å².